The van der Waals surface area contributed by atoms with Crippen molar-refractivity contribution in [3.63, 3.8) is 0 Å². The zero-order valence-electron chi connectivity index (χ0n) is 16.0. The summed E-state index contributed by atoms with van der Waals surface area (Å²) in [6.07, 6.45) is 0. The van der Waals surface area contributed by atoms with Crippen LogP contribution < -0.4 is 0 Å². The molecule has 0 unspecified atom stereocenters. The molecule has 0 atom stereocenters. The van der Waals surface area contributed by atoms with E-state index in [9.17, 15) is 19.2 Å². The number of rotatable bonds is 3. The smallest absolute Gasteiger partial charge is 0.210 e. The van der Waals surface area contributed by atoms with E-state index < -0.39 is 0 Å². The lowest BCUT2D eigenvalue weighted by molar-refractivity contribution is 0.0938. The summed E-state index contributed by atoms with van der Waals surface area (Å²) in [6, 6.07) is 13.3. The highest BCUT2D eigenvalue weighted by Gasteiger charge is 2.46. The number of carbonyl (C=O) groups excluding carboxylic acids is 4. The molecule has 0 saturated carbocycles. The van der Waals surface area contributed by atoms with E-state index in [1.54, 1.807) is 58.3 Å². The summed E-state index contributed by atoms with van der Waals surface area (Å²) in [5.74, 6) is -1.28. The maximum Gasteiger partial charge on any atom is 0.210 e. The third-order valence-electron chi connectivity index (χ3n) is 5.97. The molecule has 6 rings (SSSR count). The normalized spacial score (nSPS) is 20.0. The van der Waals surface area contributed by atoms with Crippen LogP contribution in [0.4, 0.5) is 0 Å². The van der Waals surface area contributed by atoms with Gasteiger partial charge in [-0.1, -0.05) is 48.5 Å². The minimum Gasteiger partial charge on any atom is -0.364 e. The molecule has 0 N–H and O–H groups in total. The molecule has 0 spiro atoms. The number of carbonyl (C=O) groups is 4. The molecule has 2 saturated heterocycles. The summed E-state index contributed by atoms with van der Waals surface area (Å²) in [6.45, 7) is 2.58. The molecular weight excluding hydrogens is 380 g/mol. The van der Waals surface area contributed by atoms with Crippen LogP contribution in [0.5, 0.6) is 0 Å². The summed E-state index contributed by atoms with van der Waals surface area (Å²) in [5, 5.41) is 0. The lowest BCUT2D eigenvalue weighted by Crippen LogP contribution is -2.33. The van der Waals surface area contributed by atoms with Gasteiger partial charge in [-0.2, -0.15) is 0 Å². The van der Waals surface area contributed by atoms with Gasteiger partial charge < -0.3 is 9.80 Å². The van der Waals surface area contributed by atoms with Gasteiger partial charge in [0.1, 0.15) is 0 Å². The van der Waals surface area contributed by atoms with Gasteiger partial charge in [0.05, 0.1) is 22.5 Å². The minimum atomic E-state index is -0.373. The van der Waals surface area contributed by atoms with E-state index in [4.69, 9.17) is 0 Å². The van der Waals surface area contributed by atoms with Crippen molar-refractivity contribution in [2.24, 2.45) is 0 Å². The van der Waals surface area contributed by atoms with Gasteiger partial charge in [-0.25, -0.2) is 0 Å². The summed E-state index contributed by atoms with van der Waals surface area (Å²) >= 11 is 0. The largest absolute Gasteiger partial charge is 0.364 e. The molecule has 2 aliphatic heterocycles. The number of hydrogen-bond acceptors (Lipinski definition) is 6. The second-order valence-electron chi connectivity index (χ2n) is 7.83. The fraction of sp³-hybridized carbons (Fsp3) is 0.167. The Labute approximate surface area is 172 Å². The van der Waals surface area contributed by atoms with Gasteiger partial charge >= 0.3 is 0 Å². The minimum absolute atomic E-state index is 0.0750. The number of hydrogen-bond donors (Lipinski definition) is 0. The first-order valence-corrected chi connectivity index (χ1v) is 9.93. The van der Waals surface area contributed by atoms with E-state index in [1.807, 2.05) is 0 Å². The van der Waals surface area contributed by atoms with E-state index in [-0.39, 0.29) is 56.8 Å². The molecule has 2 aromatic carbocycles. The molecule has 6 heteroatoms. The maximum absolute atomic E-state index is 13.6. The standard InChI is InChI=1S/C24H16N2O4/c27-21-13-5-1-3-7-15(13)23(29)19(25-9-10-25)17(21)18-20(26-11-12-26)24(30)16-8-4-2-6-14(16)22(18)28/h1-8H,9-12H2. The Morgan fingerprint density at radius 1 is 0.467 bits per heavy atom. The van der Waals surface area contributed by atoms with Crippen LogP contribution in [0.25, 0.3) is 0 Å². The van der Waals surface area contributed by atoms with Crippen LogP contribution in [0.1, 0.15) is 41.4 Å². The highest BCUT2D eigenvalue weighted by Crippen LogP contribution is 2.41. The van der Waals surface area contributed by atoms with Crippen LogP contribution in [0.3, 0.4) is 0 Å². The lowest BCUT2D eigenvalue weighted by atomic mass is 9.77. The van der Waals surface area contributed by atoms with Gasteiger partial charge in [0.2, 0.25) is 11.6 Å². The van der Waals surface area contributed by atoms with Crippen LogP contribution in [-0.2, 0) is 0 Å². The zero-order valence-corrected chi connectivity index (χ0v) is 16.0. The molecular formula is C24H16N2O4. The zero-order chi connectivity index (χ0) is 20.6. The molecule has 2 fully saturated rings. The van der Waals surface area contributed by atoms with Crippen molar-refractivity contribution < 1.29 is 19.2 Å². The first kappa shape index (κ1) is 17.1. The second kappa shape index (κ2) is 5.86. The summed E-state index contributed by atoms with van der Waals surface area (Å²) in [4.78, 5) is 57.5. The Morgan fingerprint density at radius 2 is 0.767 bits per heavy atom. The van der Waals surface area contributed by atoms with E-state index in [0.717, 1.165) is 0 Å². The van der Waals surface area contributed by atoms with Gasteiger partial charge in [-0.05, 0) is 0 Å². The van der Waals surface area contributed by atoms with E-state index in [2.05, 4.69) is 0 Å². The third kappa shape index (κ3) is 2.24. The topological polar surface area (TPSA) is 74.3 Å². The maximum atomic E-state index is 13.6. The number of fused-ring (bicyclic) bond motifs is 2. The van der Waals surface area contributed by atoms with Crippen LogP contribution in [0.15, 0.2) is 71.1 Å². The fourth-order valence-electron chi connectivity index (χ4n) is 4.34. The Balaban J connectivity index is 1.66. The van der Waals surface area contributed by atoms with Gasteiger partial charge in [-0.3, -0.25) is 19.2 Å². The molecule has 0 amide bonds. The number of allylic oxidation sites excluding steroid dienone is 4. The average molecular weight is 396 g/mol. The average Bonchev–Trinajstić information content (AvgIpc) is 3.67. The number of Topliss-reactive ketones (excluding diaryl/α,β-unsaturated/α-hetero) is 4. The summed E-state index contributed by atoms with van der Waals surface area (Å²) < 4.78 is 0. The van der Waals surface area contributed by atoms with Crippen molar-refractivity contribution in [2.45, 2.75) is 0 Å². The highest BCUT2D eigenvalue weighted by atomic mass is 16.2. The van der Waals surface area contributed by atoms with Crippen LogP contribution >= 0.6 is 0 Å². The second-order valence-corrected chi connectivity index (χ2v) is 7.83. The molecule has 0 aromatic heterocycles. The first-order chi connectivity index (χ1) is 14.6. The lowest BCUT2D eigenvalue weighted by Gasteiger charge is -2.27. The molecule has 30 heavy (non-hydrogen) atoms. The molecule has 0 radical (unpaired) electrons. The monoisotopic (exact) mass is 396 g/mol. The van der Waals surface area contributed by atoms with Gasteiger partial charge in [0.15, 0.2) is 11.6 Å². The van der Waals surface area contributed by atoms with Crippen molar-refractivity contribution in [3.05, 3.63) is 93.3 Å². The van der Waals surface area contributed by atoms with Gasteiger partial charge in [0, 0.05) is 48.4 Å². The molecule has 4 aliphatic rings. The van der Waals surface area contributed by atoms with E-state index in [0.29, 0.717) is 37.3 Å². The number of benzene rings is 2. The van der Waals surface area contributed by atoms with Crippen LogP contribution in [0, 0.1) is 0 Å². The Bertz CT molecular complexity index is 1180. The van der Waals surface area contributed by atoms with Crippen molar-refractivity contribution >= 4 is 23.1 Å². The molecule has 0 bridgehead atoms. The molecule has 6 nitrogen and oxygen atoms in total. The van der Waals surface area contributed by atoms with Crippen molar-refractivity contribution in [1.82, 2.24) is 9.80 Å². The van der Waals surface area contributed by atoms with Crippen LogP contribution in [0.2, 0.25) is 0 Å². The first-order valence-electron chi connectivity index (χ1n) is 9.93. The number of nitrogens with zero attached hydrogens (tertiary/aromatic N) is 2. The Kier molecular flexibility index (Phi) is 3.34. The summed E-state index contributed by atoms with van der Waals surface area (Å²) in [5.41, 5.74) is 1.88. The SMILES string of the molecule is O=C1C(C2=C(N3CC3)C(=O)c3ccccc3C2=O)=C(N2CC2)C(=O)c2ccccc21. The Morgan fingerprint density at radius 3 is 1.07 bits per heavy atom. The molecule has 2 heterocycles. The predicted octanol–water partition coefficient (Wildman–Crippen LogP) is 2.28. The molecule has 146 valence electrons. The molecule has 2 aliphatic carbocycles. The summed E-state index contributed by atoms with van der Waals surface area (Å²) in [7, 11) is 0. The predicted molar refractivity (Wildman–Crippen MR) is 107 cm³/mol. The van der Waals surface area contributed by atoms with Crippen LogP contribution in [-0.4, -0.2) is 59.1 Å². The van der Waals surface area contributed by atoms with E-state index >= 15 is 0 Å². The van der Waals surface area contributed by atoms with Crippen molar-refractivity contribution in [2.75, 3.05) is 26.2 Å². The van der Waals surface area contributed by atoms with Crippen molar-refractivity contribution in [1.29, 1.82) is 0 Å². The number of ketones is 4. The van der Waals surface area contributed by atoms with E-state index in [1.165, 1.54) is 0 Å². The third-order valence-corrected chi connectivity index (χ3v) is 5.97. The quantitative estimate of drug-likeness (QED) is 0.741. The highest BCUT2D eigenvalue weighted by molar-refractivity contribution is 6.36. The van der Waals surface area contributed by atoms with Gasteiger partial charge in [-0.15, -0.1) is 0 Å². The fourth-order valence-corrected chi connectivity index (χ4v) is 4.34. The van der Waals surface area contributed by atoms with Crippen molar-refractivity contribution in [3.8, 4) is 0 Å². The molecule has 2 aromatic rings. The Hall–Kier alpha value is -3.80. The van der Waals surface area contributed by atoms with Gasteiger partial charge in [0.25, 0.3) is 0 Å².